The van der Waals surface area contributed by atoms with Crippen molar-refractivity contribution in [3.63, 3.8) is 0 Å². The maximum atomic E-state index is 12.6. The average Bonchev–Trinajstić information content (AvgIpc) is 3.37. The second kappa shape index (κ2) is 8.56. The summed E-state index contributed by atoms with van der Waals surface area (Å²) in [6.45, 7) is -0.0281. The van der Waals surface area contributed by atoms with Crippen LogP contribution in [-0.4, -0.2) is 32.1 Å². The molecular formula is C21H18ClN5O2S. The number of amides is 1. The number of aromatic nitrogens is 4. The quantitative estimate of drug-likeness (QED) is 0.449. The Morgan fingerprint density at radius 1 is 1.10 bits per heavy atom. The van der Waals surface area contributed by atoms with Gasteiger partial charge in [0.1, 0.15) is 12.3 Å². The van der Waals surface area contributed by atoms with Gasteiger partial charge in [-0.2, -0.15) is 0 Å². The number of hydrogen-bond donors (Lipinski definition) is 1. The Bertz CT molecular complexity index is 1210. The van der Waals surface area contributed by atoms with E-state index in [4.69, 9.17) is 28.6 Å². The summed E-state index contributed by atoms with van der Waals surface area (Å²) in [7, 11) is 1.59. The van der Waals surface area contributed by atoms with Gasteiger partial charge in [-0.3, -0.25) is 9.47 Å². The van der Waals surface area contributed by atoms with E-state index in [9.17, 15) is 4.79 Å². The monoisotopic (exact) mass is 439 g/mol. The third-order valence-electron chi connectivity index (χ3n) is 4.41. The van der Waals surface area contributed by atoms with E-state index < -0.39 is 0 Å². The lowest BCUT2D eigenvalue weighted by Gasteiger charge is -2.08. The van der Waals surface area contributed by atoms with Gasteiger partial charge in [0, 0.05) is 28.7 Å². The van der Waals surface area contributed by atoms with Crippen molar-refractivity contribution in [2.45, 2.75) is 6.54 Å². The molecule has 0 bridgehead atoms. The summed E-state index contributed by atoms with van der Waals surface area (Å²) in [6.07, 6.45) is 3.72. The molecule has 0 aliphatic rings. The Labute approximate surface area is 183 Å². The van der Waals surface area contributed by atoms with E-state index in [1.165, 1.54) is 4.68 Å². The lowest BCUT2D eigenvalue weighted by molar-refractivity contribution is -0.116. The minimum atomic E-state index is -0.240. The van der Waals surface area contributed by atoms with Gasteiger partial charge in [0.05, 0.1) is 7.11 Å². The molecule has 0 fully saturated rings. The van der Waals surface area contributed by atoms with Crippen LogP contribution < -0.4 is 10.1 Å². The SMILES string of the molecule is COc1ccc(NC(=O)Cn2nc(-c3ccc(Cl)cc3)n(-n3cccc3)c2=S)cc1. The molecule has 1 amide bonds. The molecular weight excluding hydrogens is 422 g/mol. The summed E-state index contributed by atoms with van der Waals surface area (Å²) in [4.78, 5) is 12.6. The number of carbonyl (C=O) groups excluding carboxylic acids is 1. The topological polar surface area (TPSA) is 66.0 Å². The van der Waals surface area contributed by atoms with Crippen LogP contribution in [0.15, 0.2) is 73.1 Å². The van der Waals surface area contributed by atoms with Crippen molar-refractivity contribution >= 4 is 35.4 Å². The summed E-state index contributed by atoms with van der Waals surface area (Å²) in [5.74, 6) is 1.08. The van der Waals surface area contributed by atoms with E-state index in [1.807, 2.05) is 41.3 Å². The summed E-state index contributed by atoms with van der Waals surface area (Å²) in [5, 5.41) is 8.08. The molecule has 4 aromatic rings. The minimum Gasteiger partial charge on any atom is -0.497 e. The van der Waals surface area contributed by atoms with Gasteiger partial charge in [-0.25, -0.2) is 9.36 Å². The minimum absolute atomic E-state index is 0.0281. The molecule has 4 rings (SSSR count). The predicted molar refractivity (Wildman–Crippen MR) is 118 cm³/mol. The molecule has 0 saturated carbocycles. The maximum Gasteiger partial charge on any atom is 0.246 e. The van der Waals surface area contributed by atoms with Crippen molar-refractivity contribution < 1.29 is 9.53 Å². The molecule has 0 radical (unpaired) electrons. The maximum absolute atomic E-state index is 12.6. The van der Waals surface area contributed by atoms with E-state index in [-0.39, 0.29) is 12.5 Å². The number of hydrogen-bond acceptors (Lipinski definition) is 4. The van der Waals surface area contributed by atoms with Crippen molar-refractivity contribution in [2.75, 3.05) is 12.4 Å². The molecule has 0 saturated heterocycles. The Morgan fingerprint density at radius 2 is 1.77 bits per heavy atom. The molecule has 2 aromatic carbocycles. The fourth-order valence-corrected chi connectivity index (χ4v) is 3.37. The average molecular weight is 440 g/mol. The highest BCUT2D eigenvalue weighted by Gasteiger charge is 2.16. The number of benzene rings is 2. The van der Waals surface area contributed by atoms with Crippen molar-refractivity contribution in [2.24, 2.45) is 0 Å². The first-order valence-corrected chi connectivity index (χ1v) is 9.87. The highest BCUT2D eigenvalue weighted by Crippen LogP contribution is 2.21. The molecule has 152 valence electrons. The van der Waals surface area contributed by atoms with E-state index in [0.29, 0.717) is 27.1 Å². The highest BCUT2D eigenvalue weighted by atomic mass is 35.5. The first-order valence-electron chi connectivity index (χ1n) is 9.08. The zero-order valence-electron chi connectivity index (χ0n) is 16.0. The van der Waals surface area contributed by atoms with E-state index in [1.54, 1.807) is 48.2 Å². The van der Waals surface area contributed by atoms with Crippen molar-refractivity contribution in [3.05, 3.63) is 82.9 Å². The molecule has 0 unspecified atom stereocenters. The van der Waals surface area contributed by atoms with Crippen LogP contribution in [0.4, 0.5) is 5.69 Å². The molecule has 0 aliphatic carbocycles. The van der Waals surface area contributed by atoms with E-state index >= 15 is 0 Å². The van der Waals surface area contributed by atoms with Gasteiger partial charge in [-0.15, -0.1) is 5.10 Å². The van der Waals surface area contributed by atoms with Crippen LogP contribution in [0.25, 0.3) is 11.4 Å². The smallest absolute Gasteiger partial charge is 0.246 e. The molecule has 2 aromatic heterocycles. The Balaban J connectivity index is 1.64. The lowest BCUT2D eigenvalue weighted by atomic mass is 10.2. The number of nitrogens with zero attached hydrogens (tertiary/aromatic N) is 4. The zero-order valence-corrected chi connectivity index (χ0v) is 17.6. The fourth-order valence-electron chi connectivity index (χ4n) is 2.96. The molecule has 9 heteroatoms. The largest absolute Gasteiger partial charge is 0.497 e. The zero-order chi connectivity index (χ0) is 21.1. The molecule has 2 heterocycles. The first kappa shape index (κ1) is 19.9. The van der Waals surface area contributed by atoms with Gasteiger partial charge in [-0.1, -0.05) is 11.6 Å². The van der Waals surface area contributed by atoms with Gasteiger partial charge in [0.25, 0.3) is 0 Å². The Kier molecular flexibility index (Phi) is 5.69. The van der Waals surface area contributed by atoms with Crippen LogP contribution in [0.2, 0.25) is 5.02 Å². The Morgan fingerprint density at radius 3 is 2.40 bits per heavy atom. The molecule has 0 atom stereocenters. The Hall–Kier alpha value is -3.36. The summed E-state index contributed by atoms with van der Waals surface area (Å²) >= 11 is 11.6. The standard InChI is InChI=1S/C21H18ClN5O2S/c1-29-18-10-8-17(9-11-18)23-19(28)14-26-21(30)27(25-12-2-3-13-25)20(24-26)15-4-6-16(22)7-5-15/h2-13H,14H2,1H3,(H,23,28). The highest BCUT2D eigenvalue weighted by molar-refractivity contribution is 7.71. The predicted octanol–water partition coefficient (Wildman–Crippen LogP) is 4.49. The summed E-state index contributed by atoms with van der Waals surface area (Å²) in [6, 6.07) is 18.2. The van der Waals surface area contributed by atoms with Gasteiger partial charge in [-0.05, 0) is 72.9 Å². The lowest BCUT2D eigenvalue weighted by Crippen LogP contribution is -2.20. The van der Waals surface area contributed by atoms with Crippen LogP contribution in [0.3, 0.4) is 0 Å². The van der Waals surface area contributed by atoms with Crippen LogP contribution in [-0.2, 0) is 11.3 Å². The van der Waals surface area contributed by atoms with E-state index in [0.717, 1.165) is 5.56 Å². The fraction of sp³-hybridized carbons (Fsp3) is 0.0952. The van der Waals surface area contributed by atoms with Crippen LogP contribution in [0, 0.1) is 4.77 Å². The number of halogens is 1. The number of anilines is 1. The number of rotatable bonds is 6. The third-order valence-corrected chi connectivity index (χ3v) is 5.04. The molecule has 7 nitrogen and oxygen atoms in total. The molecule has 0 spiro atoms. The number of carbonyl (C=O) groups is 1. The van der Waals surface area contributed by atoms with Crippen LogP contribution >= 0.6 is 23.8 Å². The van der Waals surface area contributed by atoms with Gasteiger partial charge >= 0.3 is 0 Å². The second-order valence-corrected chi connectivity index (χ2v) is 7.22. The van der Waals surface area contributed by atoms with Gasteiger partial charge in [0.2, 0.25) is 10.7 Å². The normalized spacial score (nSPS) is 10.7. The second-order valence-electron chi connectivity index (χ2n) is 6.42. The van der Waals surface area contributed by atoms with Gasteiger partial charge in [0.15, 0.2) is 5.82 Å². The first-order chi connectivity index (χ1) is 14.5. The summed E-state index contributed by atoms with van der Waals surface area (Å²) in [5.41, 5.74) is 1.49. The number of ether oxygens (including phenoxy) is 1. The van der Waals surface area contributed by atoms with Crippen LogP contribution in [0.1, 0.15) is 0 Å². The molecule has 30 heavy (non-hydrogen) atoms. The van der Waals surface area contributed by atoms with E-state index in [2.05, 4.69) is 10.4 Å². The molecule has 1 N–H and O–H groups in total. The third kappa shape index (κ3) is 4.14. The van der Waals surface area contributed by atoms with Crippen molar-refractivity contribution in [3.8, 4) is 17.1 Å². The van der Waals surface area contributed by atoms with Gasteiger partial charge < -0.3 is 10.1 Å². The van der Waals surface area contributed by atoms with Crippen LogP contribution in [0.5, 0.6) is 5.75 Å². The number of methoxy groups -OCH3 is 1. The molecule has 0 aliphatic heterocycles. The summed E-state index contributed by atoms with van der Waals surface area (Å²) < 4.78 is 10.6. The number of nitrogens with one attached hydrogen (secondary N) is 1. The van der Waals surface area contributed by atoms with Crippen molar-refractivity contribution in [1.29, 1.82) is 0 Å². The van der Waals surface area contributed by atoms with Crippen molar-refractivity contribution in [1.82, 2.24) is 19.1 Å².